The average Bonchev–Trinajstić information content (AvgIpc) is 2.12. The molecule has 0 fully saturated rings. The van der Waals surface area contributed by atoms with Crippen LogP contribution in [-0.4, -0.2) is 11.1 Å². The minimum atomic E-state index is -1.55. The Hall–Kier alpha value is -1.07. The summed E-state index contributed by atoms with van der Waals surface area (Å²) in [6, 6.07) is 0.776. The Balaban J connectivity index is 3.12. The van der Waals surface area contributed by atoms with E-state index in [-0.39, 0.29) is 5.56 Å². The lowest BCUT2D eigenvalue weighted by atomic mass is 10.0. The van der Waals surface area contributed by atoms with Crippen molar-refractivity contribution in [3.63, 3.8) is 0 Å². The van der Waals surface area contributed by atoms with Crippen LogP contribution >= 0.6 is 0 Å². The molecule has 0 amide bonds. The number of aliphatic hydroxyl groups excluding tert-OH is 1. The molecule has 1 aromatic rings. The van der Waals surface area contributed by atoms with Crippen LogP contribution in [0, 0.1) is 17.5 Å². The molecule has 0 heterocycles. The summed E-state index contributed by atoms with van der Waals surface area (Å²) in [5, 5.41) is 9.36. The topological polar surface area (TPSA) is 46.2 Å². The van der Waals surface area contributed by atoms with Gasteiger partial charge in [0.2, 0.25) is 0 Å². The summed E-state index contributed by atoms with van der Waals surface area (Å²) in [5.41, 5.74) is 5.24. The molecule has 0 saturated carbocycles. The Morgan fingerprint density at radius 1 is 1.21 bits per heavy atom. The Kier molecular flexibility index (Phi) is 3.13. The Labute approximate surface area is 79.2 Å². The zero-order chi connectivity index (χ0) is 10.9. The first-order valence-corrected chi connectivity index (χ1v) is 4.01. The molecule has 1 rings (SSSR count). The lowest BCUT2D eigenvalue weighted by Gasteiger charge is -2.14. The molecule has 0 radical (unpaired) electrons. The average molecular weight is 205 g/mol. The van der Waals surface area contributed by atoms with Gasteiger partial charge in [0.05, 0.1) is 6.10 Å². The molecule has 3 N–H and O–H groups in total. The van der Waals surface area contributed by atoms with Gasteiger partial charge in [-0.1, -0.05) is 0 Å². The lowest BCUT2D eigenvalue weighted by Crippen LogP contribution is -2.24. The number of aliphatic hydroxyl groups is 1. The largest absolute Gasteiger partial charge is 0.387 e. The summed E-state index contributed by atoms with van der Waals surface area (Å²) in [5.74, 6) is -4.22. The number of halogens is 3. The van der Waals surface area contributed by atoms with Crippen LogP contribution < -0.4 is 5.73 Å². The zero-order valence-corrected chi connectivity index (χ0v) is 7.47. The number of hydrogen-bond donors (Lipinski definition) is 2. The highest BCUT2D eigenvalue weighted by Crippen LogP contribution is 2.20. The van der Waals surface area contributed by atoms with Gasteiger partial charge in [0.1, 0.15) is 0 Å². The van der Waals surface area contributed by atoms with E-state index in [1.807, 2.05) is 0 Å². The maximum absolute atomic E-state index is 12.7. The number of rotatable bonds is 2. The molecule has 0 spiro atoms. The second-order valence-corrected chi connectivity index (χ2v) is 3.10. The van der Waals surface area contributed by atoms with Gasteiger partial charge in [0.25, 0.3) is 0 Å². The minimum absolute atomic E-state index is 0.0728. The molecule has 0 saturated heterocycles. The Bertz CT molecular complexity index is 318. The van der Waals surface area contributed by atoms with E-state index in [1.165, 1.54) is 6.92 Å². The van der Waals surface area contributed by atoms with Crippen molar-refractivity contribution in [2.24, 2.45) is 5.73 Å². The van der Waals surface area contributed by atoms with Crippen LogP contribution in [0.5, 0.6) is 0 Å². The molecule has 0 bridgehead atoms. The third-order valence-electron chi connectivity index (χ3n) is 1.85. The molecule has 14 heavy (non-hydrogen) atoms. The Morgan fingerprint density at radius 3 is 2.00 bits per heavy atom. The Morgan fingerprint density at radius 2 is 1.64 bits per heavy atom. The van der Waals surface area contributed by atoms with E-state index in [0.717, 1.165) is 12.1 Å². The van der Waals surface area contributed by atoms with E-state index in [9.17, 15) is 18.3 Å². The molecule has 2 unspecified atom stereocenters. The van der Waals surface area contributed by atoms with Gasteiger partial charge in [-0.2, -0.15) is 0 Å². The highest BCUT2D eigenvalue weighted by Gasteiger charge is 2.17. The van der Waals surface area contributed by atoms with Crippen molar-refractivity contribution in [1.29, 1.82) is 0 Å². The van der Waals surface area contributed by atoms with Crippen molar-refractivity contribution in [3.05, 3.63) is 35.1 Å². The maximum Gasteiger partial charge on any atom is 0.194 e. The highest BCUT2D eigenvalue weighted by molar-refractivity contribution is 5.22. The van der Waals surface area contributed by atoms with E-state index in [4.69, 9.17) is 5.73 Å². The molecule has 0 aliphatic carbocycles. The van der Waals surface area contributed by atoms with Gasteiger partial charge in [-0.3, -0.25) is 0 Å². The summed E-state index contributed by atoms with van der Waals surface area (Å²) >= 11 is 0. The fraction of sp³-hybridized carbons (Fsp3) is 0.333. The summed E-state index contributed by atoms with van der Waals surface area (Å²) in [6.45, 7) is 1.48. The van der Waals surface area contributed by atoms with Crippen molar-refractivity contribution in [3.8, 4) is 0 Å². The van der Waals surface area contributed by atoms with Crippen molar-refractivity contribution < 1.29 is 18.3 Å². The van der Waals surface area contributed by atoms with Crippen LogP contribution in [0.2, 0.25) is 0 Å². The quantitative estimate of drug-likeness (QED) is 0.718. The predicted octanol–water partition coefficient (Wildman–Crippen LogP) is 1.48. The highest BCUT2D eigenvalue weighted by atomic mass is 19.2. The second-order valence-electron chi connectivity index (χ2n) is 3.10. The van der Waals surface area contributed by atoms with Gasteiger partial charge in [0.15, 0.2) is 17.5 Å². The third kappa shape index (κ3) is 2.05. The lowest BCUT2D eigenvalue weighted by molar-refractivity contribution is 0.152. The smallest absolute Gasteiger partial charge is 0.194 e. The molecule has 0 aliphatic rings. The fourth-order valence-electron chi connectivity index (χ4n) is 1.05. The minimum Gasteiger partial charge on any atom is -0.387 e. The van der Waals surface area contributed by atoms with E-state index in [0.29, 0.717) is 0 Å². The summed E-state index contributed by atoms with van der Waals surface area (Å²) < 4.78 is 37.9. The van der Waals surface area contributed by atoms with E-state index in [2.05, 4.69) is 0 Å². The van der Waals surface area contributed by atoms with Crippen LogP contribution in [0.3, 0.4) is 0 Å². The van der Waals surface area contributed by atoms with E-state index < -0.39 is 29.6 Å². The number of nitrogens with two attached hydrogens (primary N) is 1. The van der Waals surface area contributed by atoms with Gasteiger partial charge in [-0.15, -0.1) is 0 Å². The molecule has 5 heteroatoms. The van der Waals surface area contributed by atoms with Gasteiger partial charge < -0.3 is 10.8 Å². The van der Waals surface area contributed by atoms with Gasteiger partial charge in [-0.25, -0.2) is 13.2 Å². The molecule has 0 aliphatic heterocycles. The normalized spacial score (nSPS) is 15.3. The van der Waals surface area contributed by atoms with Crippen molar-refractivity contribution in [2.45, 2.75) is 19.1 Å². The standard InChI is InChI=1S/C9H10F3NO/c1-4(13)9(14)5-2-6(10)8(12)7(11)3-5/h2-4,9,14H,13H2,1H3. The van der Waals surface area contributed by atoms with Crippen LogP contribution in [0.15, 0.2) is 12.1 Å². The molecular weight excluding hydrogens is 195 g/mol. The van der Waals surface area contributed by atoms with Crippen molar-refractivity contribution in [2.75, 3.05) is 0 Å². The molecule has 2 atom stereocenters. The molecule has 1 aromatic carbocycles. The van der Waals surface area contributed by atoms with E-state index >= 15 is 0 Å². The van der Waals surface area contributed by atoms with Gasteiger partial charge in [0, 0.05) is 6.04 Å². The summed E-state index contributed by atoms with van der Waals surface area (Å²) in [7, 11) is 0. The van der Waals surface area contributed by atoms with Crippen LogP contribution in [0.25, 0.3) is 0 Å². The summed E-state index contributed by atoms with van der Waals surface area (Å²) in [6.07, 6.45) is -1.21. The first-order chi connectivity index (χ1) is 6.43. The fourth-order valence-corrected chi connectivity index (χ4v) is 1.05. The van der Waals surface area contributed by atoms with Crippen molar-refractivity contribution in [1.82, 2.24) is 0 Å². The second kappa shape index (κ2) is 3.98. The van der Waals surface area contributed by atoms with Crippen LogP contribution in [-0.2, 0) is 0 Å². The van der Waals surface area contributed by atoms with E-state index in [1.54, 1.807) is 0 Å². The van der Waals surface area contributed by atoms with Gasteiger partial charge in [-0.05, 0) is 24.6 Å². The predicted molar refractivity (Wildman–Crippen MR) is 44.9 cm³/mol. The molecule has 78 valence electrons. The molecular formula is C9H10F3NO. The van der Waals surface area contributed by atoms with Crippen LogP contribution in [0.1, 0.15) is 18.6 Å². The summed E-state index contributed by atoms with van der Waals surface area (Å²) in [4.78, 5) is 0. The van der Waals surface area contributed by atoms with Gasteiger partial charge >= 0.3 is 0 Å². The molecule has 2 nitrogen and oxygen atoms in total. The first kappa shape index (κ1) is 11.0. The van der Waals surface area contributed by atoms with Crippen molar-refractivity contribution >= 4 is 0 Å². The zero-order valence-electron chi connectivity index (χ0n) is 7.47. The SMILES string of the molecule is CC(N)C(O)c1cc(F)c(F)c(F)c1. The van der Waals surface area contributed by atoms with Crippen LogP contribution in [0.4, 0.5) is 13.2 Å². The third-order valence-corrected chi connectivity index (χ3v) is 1.85. The first-order valence-electron chi connectivity index (χ1n) is 4.01. The number of hydrogen-bond acceptors (Lipinski definition) is 2. The monoisotopic (exact) mass is 205 g/mol. The number of benzene rings is 1. The molecule has 0 aromatic heterocycles. The maximum atomic E-state index is 12.7.